The third kappa shape index (κ3) is 3.94. The van der Waals surface area contributed by atoms with E-state index < -0.39 is 29.2 Å². The number of rotatable bonds is 4. The molecule has 0 bridgehead atoms. The van der Waals surface area contributed by atoms with Crippen molar-refractivity contribution < 1.29 is 18.0 Å². The number of hydrogen-bond donors (Lipinski definition) is 3. The van der Waals surface area contributed by atoms with Crippen LogP contribution in [0.3, 0.4) is 0 Å². The number of amides is 1. The number of halogens is 3. The summed E-state index contributed by atoms with van der Waals surface area (Å²) in [5.41, 5.74) is 5.05. The van der Waals surface area contributed by atoms with E-state index in [1.54, 1.807) is 30.3 Å². The molecule has 0 saturated carbocycles. The van der Waals surface area contributed by atoms with Gasteiger partial charge in [-0.15, -0.1) is 0 Å². The Labute approximate surface area is 179 Å². The second-order valence-electron chi connectivity index (χ2n) is 7.25. The van der Waals surface area contributed by atoms with E-state index >= 15 is 0 Å². The zero-order valence-corrected chi connectivity index (χ0v) is 16.8. The molecule has 4 rings (SSSR count). The van der Waals surface area contributed by atoms with Gasteiger partial charge < -0.3 is 16.0 Å². The molecule has 0 radical (unpaired) electrons. The first-order valence-electron chi connectivity index (χ1n) is 9.59. The molecule has 0 saturated heterocycles. The van der Waals surface area contributed by atoms with Crippen molar-refractivity contribution in [3.05, 3.63) is 88.0 Å². The molecule has 32 heavy (non-hydrogen) atoms. The van der Waals surface area contributed by atoms with Crippen molar-refractivity contribution in [1.82, 2.24) is 20.1 Å². The molecule has 164 valence electrons. The van der Waals surface area contributed by atoms with Gasteiger partial charge in [-0.3, -0.25) is 9.59 Å². The highest BCUT2D eigenvalue weighted by Gasteiger charge is 2.31. The van der Waals surface area contributed by atoms with E-state index in [9.17, 15) is 22.8 Å². The topological polar surface area (TPSA) is 106 Å². The number of aromatic amines is 1. The van der Waals surface area contributed by atoms with E-state index in [0.717, 1.165) is 16.8 Å². The van der Waals surface area contributed by atoms with Gasteiger partial charge >= 0.3 is 6.18 Å². The summed E-state index contributed by atoms with van der Waals surface area (Å²) in [5.74, 6) is -0.661. The number of fused-ring (bicyclic) bond motifs is 1. The average molecular weight is 441 g/mol. The molecule has 0 fully saturated rings. The third-order valence-electron chi connectivity index (χ3n) is 4.98. The second kappa shape index (κ2) is 7.88. The molecule has 1 amide bonds. The maximum Gasteiger partial charge on any atom is 0.416 e. The highest BCUT2D eigenvalue weighted by Crippen LogP contribution is 2.32. The first-order valence-corrected chi connectivity index (χ1v) is 9.59. The van der Waals surface area contributed by atoms with Gasteiger partial charge in [0.2, 0.25) is 0 Å². The SMILES string of the molecule is C[C@@H](NC(=O)c1nn(-c2ccccc2)c(=O)c2cc[nH]c12)c1cc(N)cc(C(F)(F)F)c1. The van der Waals surface area contributed by atoms with Crippen LogP contribution in [0.15, 0.2) is 65.6 Å². The molecule has 4 aromatic rings. The highest BCUT2D eigenvalue weighted by atomic mass is 19.4. The first kappa shape index (κ1) is 21.2. The first-order chi connectivity index (χ1) is 15.1. The molecular formula is C22H18F3N5O2. The van der Waals surface area contributed by atoms with Crippen LogP contribution < -0.4 is 16.6 Å². The zero-order valence-electron chi connectivity index (χ0n) is 16.8. The summed E-state index contributed by atoms with van der Waals surface area (Å²) >= 11 is 0. The second-order valence-corrected chi connectivity index (χ2v) is 7.25. The normalized spacial score (nSPS) is 12.6. The maximum absolute atomic E-state index is 13.1. The van der Waals surface area contributed by atoms with Crippen molar-refractivity contribution >= 4 is 22.5 Å². The van der Waals surface area contributed by atoms with Crippen LogP contribution in [0.4, 0.5) is 18.9 Å². The standard InChI is InChI=1S/C22H18F3N5O2/c1-12(13-9-14(22(23,24)25)11-15(26)10-13)28-20(31)19-18-17(7-8-27-18)21(32)30(29-19)16-5-3-2-4-6-16/h2-12,27H,26H2,1H3,(H,28,31)/t12-/m1/s1. The Kier molecular flexibility index (Phi) is 5.21. The zero-order chi connectivity index (χ0) is 23.0. The lowest BCUT2D eigenvalue weighted by molar-refractivity contribution is -0.137. The molecule has 0 unspecified atom stereocenters. The molecule has 2 heterocycles. The Morgan fingerprint density at radius 1 is 1.16 bits per heavy atom. The molecule has 0 aliphatic carbocycles. The van der Waals surface area contributed by atoms with Gasteiger partial charge in [-0.1, -0.05) is 18.2 Å². The van der Waals surface area contributed by atoms with Gasteiger partial charge in [0.1, 0.15) is 0 Å². The van der Waals surface area contributed by atoms with Crippen molar-refractivity contribution in [1.29, 1.82) is 0 Å². The number of anilines is 1. The maximum atomic E-state index is 13.1. The summed E-state index contributed by atoms with van der Waals surface area (Å²) < 4.78 is 40.5. The number of nitrogens with one attached hydrogen (secondary N) is 2. The number of carbonyl (C=O) groups is 1. The molecule has 10 heteroatoms. The number of alkyl halides is 3. The molecule has 1 atom stereocenters. The minimum absolute atomic E-state index is 0.0692. The van der Waals surface area contributed by atoms with Crippen LogP contribution in [0.5, 0.6) is 0 Å². The summed E-state index contributed by atoms with van der Waals surface area (Å²) in [4.78, 5) is 28.7. The lowest BCUT2D eigenvalue weighted by Gasteiger charge is -2.17. The minimum atomic E-state index is -4.57. The van der Waals surface area contributed by atoms with E-state index in [1.165, 1.54) is 25.3 Å². The molecular weight excluding hydrogens is 423 g/mol. The number of aromatic nitrogens is 3. The predicted octanol–water partition coefficient (Wildman–Crippen LogP) is 3.81. The third-order valence-corrected chi connectivity index (χ3v) is 4.98. The number of H-pyrrole nitrogens is 1. The van der Waals surface area contributed by atoms with Crippen LogP contribution in [0.2, 0.25) is 0 Å². The van der Waals surface area contributed by atoms with Crippen molar-refractivity contribution in [2.75, 3.05) is 5.73 Å². The summed E-state index contributed by atoms with van der Waals surface area (Å²) in [6.45, 7) is 1.53. The monoisotopic (exact) mass is 441 g/mol. The number of carbonyl (C=O) groups excluding carboxylic acids is 1. The van der Waals surface area contributed by atoms with Gasteiger partial charge in [0, 0.05) is 11.9 Å². The van der Waals surface area contributed by atoms with E-state index in [1.807, 2.05) is 0 Å². The van der Waals surface area contributed by atoms with Crippen molar-refractivity contribution in [3.8, 4) is 5.69 Å². The minimum Gasteiger partial charge on any atom is -0.399 e. The van der Waals surface area contributed by atoms with E-state index in [0.29, 0.717) is 5.69 Å². The lowest BCUT2D eigenvalue weighted by atomic mass is 10.0. The Hall–Kier alpha value is -4.08. The van der Waals surface area contributed by atoms with E-state index in [2.05, 4.69) is 15.4 Å². The van der Waals surface area contributed by atoms with Gasteiger partial charge in [0.25, 0.3) is 11.5 Å². The number of hydrogen-bond acceptors (Lipinski definition) is 4. The summed E-state index contributed by atoms with van der Waals surface area (Å²) in [7, 11) is 0. The largest absolute Gasteiger partial charge is 0.416 e. The van der Waals surface area contributed by atoms with E-state index in [4.69, 9.17) is 5.73 Å². The Bertz CT molecular complexity index is 1360. The highest BCUT2D eigenvalue weighted by molar-refractivity contribution is 6.03. The number of nitrogens with zero attached hydrogens (tertiary/aromatic N) is 2. The summed E-state index contributed by atoms with van der Waals surface area (Å²) in [6.07, 6.45) is -3.06. The number of nitrogens with two attached hydrogens (primary N) is 1. The van der Waals surface area contributed by atoms with Gasteiger partial charge in [-0.2, -0.15) is 23.0 Å². The predicted molar refractivity (Wildman–Crippen MR) is 113 cm³/mol. The van der Waals surface area contributed by atoms with Gasteiger partial charge in [-0.05, 0) is 48.9 Å². The van der Waals surface area contributed by atoms with Gasteiger partial charge in [0.15, 0.2) is 5.69 Å². The molecule has 7 nitrogen and oxygen atoms in total. The Morgan fingerprint density at radius 3 is 2.56 bits per heavy atom. The average Bonchev–Trinajstić information content (AvgIpc) is 3.24. The number of nitrogen functional groups attached to an aromatic ring is 1. The van der Waals surface area contributed by atoms with Crippen LogP contribution in [-0.4, -0.2) is 20.7 Å². The molecule has 4 N–H and O–H groups in total. The molecule has 0 aliphatic heterocycles. The van der Waals surface area contributed by atoms with Crippen molar-refractivity contribution in [2.24, 2.45) is 0 Å². The van der Waals surface area contributed by atoms with Crippen molar-refractivity contribution in [3.63, 3.8) is 0 Å². The van der Waals surface area contributed by atoms with Crippen LogP contribution in [-0.2, 0) is 6.18 Å². The van der Waals surface area contributed by atoms with Crippen LogP contribution in [0.25, 0.3) is 16.6 Å². The fourth-order valence-electron chi connectivity index (χ4n) is 3.39. The number of para-hydroxylation sites is 1. The Morgan fingerprint density at radius 2 is 1.88 bits per heavy atom. The van der Waals surface area contributed by atoms with Crippen molar-refractivity contribution in [2.45, 2.75) is 19.1 Å². The summed E-state index contributed by atoms with van der Waals surface area (Å²) in [5, 5.41) is 7.11. The lowest BCUT2D eigenvalue weighted by Crippen LogP contribution is -2.31. The van der Waals surface area contributed by atoms with Crippen LogP contribution in [0, 0.1) is 0 Å². The molecule has 0 spiro atoms. The van der Waals surface area contributed by atoms with Gasteiger partial charge in [0.05, 0.1) is 28.2 Å². The molecule has 2 aromatic carbocycles. The summed E-state index contributed by atoms with van der Waals surface area (Å²) in [6, 6.07) is 12.4. The molecule has 2 aromatic heterocycles. The van der Waals surface area contributed by atoms with E-state index in [-0.39, 0.29) is 27.8 Å². The fourth-order valence-corrected chi connectivity index (χ4v) is 3.39. The van der Waals surface area contributed by atoms with Gasteiger partial charge in [-0.25, -0.2) is 0 Å². The van der Waals surface area contributed by atoms with Crippen LogP contribution >= 0.6 is 0 Å². The van der Waals surface area contributed by atoms with Crippen LogP contribution in [0.1, 0.15) is 34.6 Å². The Balaban J connectivity index is 1.72. The quantitative estimate of drug-likeness (QED) is 0.419. The number of benzene rings is 2. The smallest absolute Gasteiger partial charge is 0.399 e. The fraction of sp³-hybridized carbons (Fsp3) is 0.136. The molecule has 0 aliphatic rings.